The maximum Gasteiger partial charge on any atom is 0.266 e. The minimum atomic E-state index is -3.61. The fourth-order valence-corrected chi connectivity index (χ4v) is 4.27. The van der Waals surface area contributed by atoms with Gasteiger partial charge in [0.2, 0.25) is 10.0 Å². The van der Waals surface area contributed by atoms with Gasteiger partial charge in [-0.1, -0.05) is 30.3 Å². The molecule has 0 radical (unpaired) electrons. The van der Waals surface area contributed by atoms with Crippen molar-refractivity contribution in [1.29, 1.82) is 0 Å². The number of nitrogens with one attached hydrogen (secondary N) is 1. The van der Waals surface area contributed by atoms with E-state index in [2.05, 4.69) is 14.8 Å². The second-order valence-electron chi connectivity index (χ2n) is 6.08. The predicted molar refractivity (Wildman–Crippen MR) is 111 cm³/mol. The highest BCUT2D eigenvalue weighted by atomic mass is 32.2. The highest BCUT2D eigenvalue weighted by molar-refractivity contribution is 7.92. The SMILES string of the molecule is Cc1nc(C)c(-c2ccc(=O)n(CCNS(=O)(=O)/C=C/c3ccccc3)n2)s1. The highest BCUT2D eigenvalue weighted by Gasteiger charge is 2.11. The first-order valence-electron chi connectivity index (χ1n) is 8.59. The number of aromatic nitrogens is 3. The molecule has 1 aromatic carbocycles. The van der Waals surface area contributed by atoms with E-state index in [4.69, 9.17) is 0 Å². The predicted octanol–water partition coefficient (Wildman–Crippen LogP) is 2.57. The van der Waals surface area contributed by atoms with Gasteiger partial charge in [-0.2, -0.15) is 5.10 Å². The summed E-state index contributed by atoms with van der Waals surface area (Å²) in [6, 6.07) is 12.2. The average molecular weight is 417 g/mol. The van der Waals surface area contributed by atoms with E-state index in [9.17, 15) is 13.2 Å². The van der Waals surface area contributed by atoms with Crippen LogP contribution in [0.1, 0.15) is 16.3 Å². The van der Waals surface area contributed by atoms with Gasteiger partial charge in [0.1, 0.15) is 5.69 Å². The molecule has 0 unspecified atom stereocenters. The molecule has 7 nitrogen and oxygen atoms in total. The van der Waals surface area contributed by atoms with E-state index >= 15 is 0 Å². The van der Waals surface area contributed by atoms with Gasteiger partial charge in [-0.3, -0.25) is 4.79 Å². The second kappa shape index (κ2) is 8.59. The van der Waals surface area contributed by atoms with E-state index in [0.29, 0.717) is 5.69 Å². The molecule has 146 valence electrons. The normalized spacial score (nSPS) is 11.9. The zero-order chi connectivity index (χ0) is 20.1. The molecule has 0 amide bonds. The molecule has 0 bridgehead atoms. The molecule has 0 saturated carbocycles. The number of rotatable bonds is 7. The van der Waals surface area contributed by atoms with Crippen LogP contribution in [0.3, 0.4) is 0 Å². The van der Waals surface area contributed by atoms with Crippen LogP contribution in [0, 0.1) is 13.8 Å². The molecular formula is C19H20N4O3S2. The fourth-order valence-electron chi connectivity index (χ4n) is 2.57. The molecule has 3 rings (SSSR count). The van der Waals surface area contributed by atoms with Crippen LogP contribution >= 0.6 is 11.3 Å². The van der Waals surface area contributed by atoms with Crippen molar-refractivity contribution in [3.05, 3.63) is 74.5 Å². The number of aryl methyl sites for hydroxylation is 2. The summed E-state index contributed by atoms with van der Waals surface area (Å²) in [6.07, 6.45) is 1.52. The van der Waals surface area contributed by atoms with Gasteiger partial charge in [0.15, 0.2) is 0 Å². The largest absolute Gasteiger partial charge is 0.268 e. The Morgan fingerprint density at radius 1 is 1.14 bits per heavy atom. The van der Waals surface area contributed by atoms with Crippen LogP contribution in [0.2, 0.25) is 0 Å². The summed E-state index contributed by atoms with van der Waals surface area (Å²) in [6.45, 7) is 3.98. The number of benzene rings is 1. The van der Waals surface area contributed by atoms with Crippen molar-refractivity contribution in [3.63, 3.8) is 0 Å². The molecule has 3 aromatic rings. The molecule has 2 heterocycles. The number of hydrogen-bond donors (Lipinski definition) is 1. The Morgan fingerprint density at radius 3 is 2.57 bits per heavy atom. The summed E-state index contributed by atoms with van der Waals surface area (Å²) >= 11 is 1.50. The monoisotopic (exact) mass is 416 g/mol. The van der Waals surface area contributed by atoms with Gasteiger partial charge in [-0.25, -0.2) is 22.8 Å². The Kier molecular flexibility index (Phi) is 6.18. The van der Waals surface area contributed by atoms with Crippen LogP contribution in [-0.2, 0) is 16.6 Å². The van der Waals surface area contributed by atoms with Crippen LogP contribution in [-0.4, -0.2) is 29.7 Å². The third-order valence-electron chi connectivity index (χ3n) is 3.87. The highest BCUT2D eigenvalue weighted by Crippen LogP contribution is 2.27. The first-order chi connectivity index (χ1) is 13.3. The second-order valence-corrected chi connectivity index (χ2v) is 8.93. The van der Waals surface area contributed by atoms with Gasteiger partial charge < -0.3 is 0 Å². The molecule has 0 aliphatic heterocycles. The number of sulfonamides is 1. The van der Waals surface area contributed by atoms with E-state index in [1.807, 2.05) is 44.2 Å². The van der Waals surface area contributed by atoms with Gasteiger partial charge in [0.05, 0.1) is 22.1 Å². The molecule has 0 atom stereocenters. The van der Waals surface area contributed by atoms with Gasteiger partial charge in [0, 0.05) is 18.0 Å². The first-order valence-corrected chi connectivity index (χ1v) is 11.0. The Hall–Kier alpha value is -2.62. The lowest BCUT2D eigenvalue weighted by molar-refractivity contribution is 0.554. The first kappa shape index (κ1) is 20.1. The van der Waals surface area contributed by atoms with Crippen LogP contribution < -0.4 is 10.3 Å². The van der Waals surface area contributed by atoms with Gasteiger partial charge in [0.25, 0.3) is 5.56 Å². The summed E-state index contributed by atoms with van der Waals surface area (Å²) in [4.78, 5) is 17.3. The molecule has 0 fully saturated rings. The Morgan fingerprint density at radius 2 is 1.89 bits per heavy atom. The maximum absolute atomic E-state index is 12.1. The summed E-state index contributed by atoms with van der Waals surface area (Å²) in [5.41, 5.74) is 2.00. The quantitative estimate of drug-likeness (QED) is 0.639. The van der Waals surface area contributed by atoms with Crippen molar-refractivity contribution in [3.8, 4) is 10.6 Å². The number of hydrogen-bond acceptors (Lipinski definition) is 6. The zero-order valence-corrected chi connectivity index (χ0v) is 17.1. The van der Waals surface area contributed by atoms with E-state index < -0.39 is 10.0 Å². The van der Waals surface area contributed by atoms with Crippen LogP contribution in [0.25, 0.3) is 16.6 Å². The van der Waals surface area contributed by atoms with Crippen molar-refractivity contribution < 1.29 is 8.42 Å². The van der Waals surface area contributed by atoms with Gasteiger partial charge in [-0.05, 0) is 31.6 Å². The molecule has 0 spiro atoms. The topological polar surface area (TPSA) is 94.0 Å². The smallest absolute Gasteiger partial charge is 0.266 e. The Bertz CT molecular complexity index is 1150. The van der Waals surface area contributed by atoms with Crippen LogP contribution in [0.4, 0.5) is 0 Å². The van der Waals surface area contributed by atoms with Gasteiger partial charge >= 0.3 is 0 Å². The van der Waals surface area contributed by atoms with Crippen molar-refractivity contribution in [2.24, 2.45) is 0 Å². The number of thiazole rings is 1. The zero-order valence-electron chi connectivity index (χ0n) is 15.5. The Labute approximate surface area is 167 Å². The summed E-state index contributed by atoms with van der Waals surface area (Å²) in [7, 11) is -3.61. The molecule has 0 aliphatic rings. The third-order valence-corrected chi connectivity index (χ3v) is 6.07. The summed E-state index contributed by atoms with van der Waals surface area (Å²) in [5, 5.41) is 6.38. The molecular weight excluding hydrogens is 396 g/mol. The molecule has 0 saturated heterocycles. The third kappa shape index (κ3) is 5.22. The average Bonchev–Trinajstić information content (AvgIpc) is 3.01. The van der Waals surface area contributed by atoms with Crippen molar-refractivity contribution in [2.45, 2.75) is 20.4 Å². The fraction of sp³-hybridized carbons (Fsp3) is 0.211. The van der Waals surface area contributed by atoms with Crippen molar-refractivity contribution in [2.75, 3.05) is 6.54 Å². The van der Waals surface area contributed by atoms with E-state index in [0.717, 1.165) is 26.6 Å². The Balaban J connectivity index is 1.67. The molecule has 28 heavy (non-hydrogen) atoms. The van der Waals surface area contributed by atoms with Crippen LogP contribution in [0.5, 0.6) is 0 Å². The van der Waals surface area contributed by atoms with E-state index in [1.165, 1.54) is 28.2 Å². The van der Waals surface area contributed by atoms with E-state index in [1.54, 1.807) is 6.07 Å². The molecule has 1 N–H and O–H groups in total. The maximum atomic E-state index is 12.1. The van der Waals surface area contributed by atoms with Crippen molar-refractivity contribution in [1.82, 2.24) is 19.5 Å². The number of nitrogens with zero attached hydrogens (tertiary/aromatic N) is 3. The van der Waals surface area contributed by atoms with Gasteiger partial charge in [-0.15, -0.1) is 11.3 Å². The summed E-state index contributed by atoms with van der Waals surface area (Å²) in [5.74, 6) is 0. The molecule has 0 aliphatic carbocycles. The lowest BCUT2D eigenvalue weighted by Gasteiger charge is -2.07. The minimum Gasteiger partial charge on any atom is -0.268 e. The standard InChI is InChI=1S/C19H20N4O3S2/c1-14-19(27-15(2)21-14)17-8-9-18(24)23(22-17)12-11-20-28(25,26)13-10-16-6-4-3-5-7-16/h3-10,13,20H,11-12H2,1-2H3/b13-10+. The molecule has 9 heteroatoms. The van der Waals surface area contributed by atoms with Crippen LogP contribution in [0.15, 0.2) is 52.7 Å². The lowest BCUT2D eigenvalue weighted by Crippen LogP contribution is -2.31. The van der Waals surface area contributed by atoms with Crippen molar-refractivity contribution >= 4 is 27.4 Å². The minimum absolute atomic E-state index is 0.0541. The summed E-state index contributed by atoms with van der Waals surface area (Å²) < 4.78 is 27.9. The molecule has 2 aromatic heterocycles. The lowest BCUT2D eigenvalue weighted by atomic mass is 10.2. The van der Waals surface area contributed by atoms with E-state index in [-0.39, 0.29) is 18.6 Å².